The first-order valence-corrected chi connectivity index (χ1v) is 9.28. The summed E-state index contributed by atoms with van der Waals surface area (Å²) >= 11 is 0. The summed E-state index contributed by atoms with van der Waals surface area (Å²) in [6, 6.07) is 10.4. The van der Waals surface area contributed by atoms with Crippen LogP contribution in [0.15, 0.2) is 35.3 Å². The Bertz CT molecular complexity index is 538. The highest BCUT2D eigenvalue weighted by atomic mass is 16.5. The number of nitrogens with one attached hydrogen (secondary N) is 3. The van der Waals surface area contributed by atoms with Crippen molar-refractivity contribution in [1.29, 1.82) is 0 Å². The Kier molecular flexibility index (Phi) is 10.4. The van der Waals surface area contributed by atoms with Crippen LogP contribution in [-0.4, -0.2) is 50.8 Å². The van der Waals surface area contributed by atoms with Gasteiger partial charge < -0.3 is 20.7 Å². The van der Waals surface area contributed by atoms with Crippen LogP contribution in [0, 0.1) is 0 Å². The van der Waals surface area contributed by atoms with Crippen molar-refractivity contribution in [2.24, 2.45) is 4.99 Å². The number of aliphatic imine (C=N–C) groups is 1. The van der Waals surface area contributed by atoms with Gasteiger partial charge in [0, 0.05) is 25.7 Å². The quantitative estimate of drug-likeness (QED) is 0.339. The molecular weight excluding hydrogens is 328 g/mol. The topological polar surface area (TPSA) is 74.8 Å². The van der Waals surface area contributed by atoms with Crippen molar-refractivity contribution in [3.05, 3.63) is 35.9 Å². The predicted molar refractivity (Wildman–Crippen MR) is 107 cm³/mol. The number of ether oxygens (including phenoxy) is 1. The van der Waals surface area contributed by atoms with E-state index in [-0.39, 0.29) is 18.0 Å². The molecule has 0 fully saturated rings. The van der Waals surface area contributed by atoms with Crippen LogP contribution in [0.2, 0.25) is 0 Å². The number of guanidine groups is 1. The Balaban J connectivity index is 2.02. The zero-order chi connectivity index (χ0) is 19.3. The molecule has 0 aliphatic rings. The molecule has 0 aliphatic carbocycles. The van der Waals surface area contributed by atoms with Crippen molar-refractivity contribution in [2.75, 3.05) is 33.4 Å². The van der Waals surface area contributed by atoms with Crippen molar-refractivity contribution < 1.29 is 9.53 Å². The molecule has 1 amide bonds. The van der Waals surface area contributed by atoms with E-state index in [1.807, 2.05) is 26.8 Å². The largest absolute Gasteiger partial charge is 0.381 e. The van der Waals surface area contributed by atoms with Crippen LogP contribution in [0.5, 0.6) is 0 Å². The van der Waals surface area contributed by atoms with Crippen molar-refractivity contribution in [3.8, 4) is 0 Å². The third kappa shape index (κ3) is 11.5. The molecule has 0 heterocycles. The van der Waals surface area contributed by atoms with Crippen molar-refractivity contribution in [1.82, 2.24) is 16.0 Å². The number of hydrogen-bond donors (Lipinski definition) is 3. The summed E-state index contributed by atoms with van der Waals surface area (Å²) in [7, 11) is 1.70. The first-order chi connectivity index (χ1) is 12.4. The minimum atomic E-state index is -0.226. The van der Waals surface area contributed by atoms with Crippen LogP contribution >= 0.6 is 0 Å². The highest BCUT2D eigenvalue weighted by Crippen LogP contribution is 2.00. The van der Waals surface area contributed by atoms with E-state index in [0.717, 1.165) is 39.0 Å². The molecule has 3 N–H and O–H groups in total. The summed E-state index contributed by atoms with van der Waals surface area (Å²) in [6.45, 7) is 8.39. The summed E-state index contributed by atoms with van der Waals surface area (Å²) in [6.07, 6.45) is 2.93. The van der Waals surface area contributed by atoms with Gasteiger partial charge in [0.25, 0.3) is 0 Å². The van der Waals surface area contributed by atoms with Gasteiger partial charge in [-0.25, -0.2) is 0 Å². The summed E-state index contributed by atoms with van der Waals surface area (Å²) in [4.78, 5) is 15.9. The summed E-state index contributed by atoms with van der Waals surface area (Å²) in [5, 5.41) is 9.13. The van der Waals surface area contributed by atoms with Crippen LogP contribution in [0.1, 0.15) is 39.2 Å². The normalized spacial score (nSPS) is 11.9. The Labute approximate surface area is 157 Å². The zero-order valence-electron chi connectivity index (χ0n) is 16.6. The second-order valence-corrected chi connectivity index (χ2v) is 7.21. The average molecular weight is 363 g/mol. The highest BCUT2D eigenvalue weighted by molar-refractivity contribution is 5.86. The van der Waals surface area contributed by atoms with Crippen LogP contribution in [-0.2, 0) is 16.0 Å². The van der Waals surface area contributed by atoms with Gasteiger partial charge in [-0.2, -0.15) is 0 Å². The number of nitrogens with zero attached hydrogens (tertiary/aromatic N) is 1. The molecule has 0 atom stereocenters. The second-order valence-electron chi connectivity index (χ2n) is 7.21. The number of carbonyl (C=O) groups excluding carboxylic acids is 1. The van der Waals surface area contributed by atoms with E-state index >= 15 is 0 Å². The fraction of sp³-hybridized carbons (Fsp3) is 0.600. The summed E-state index contributed by atoms with van der Waals surface area (Å²) in [5.41, 5.74) is 1.08. The molecule has 6 heteroatoms. The number of carbonyl (C=O) groups is 1. The molecule has 26 heavy (non-hydrogen) atoms. The SMILES string of the molecule is CN=C(NCCCCOCCc1ccccc1)NCC(=O)NC(C)(C)C. The Hall–Kier alpha value is -2.08. The van der Waals surface area contributed by atoms with Crippen molar-refractivity contribution in [3.63, 3.8) is 0 Å². The number of unbranched alkanes of at least 4 members (excludes halogenated alkanes) is 1. The lowest BCUT2D eigenvalue weighted by atomic mass is 10.1. The van der Waals surface area contributed by atoms with Gasteiger partial charge in [0.2, 0.25) is 5.91 Å². The third-order valence-corrected chi connectivity index (χ3v) is 3.54. The molecule has 146 valence electrons. The molecule has 1 aromatic carbocycles. The van der Waals surface area contributed by atoms with Gasteiger partial charge in [-0.15, -0.1) is 0 Å². The molecule has 0 unspecified atom stereocenters. The van der Waals surface area contributed by atoms with Gasteiger partial charge in [0.15, 0.2) is 5.96 Å². The molecule has 1 rings (SSSR count). The molecule has 1 aromatic rings. The molecular formula is C20H34N4O2. The van der Waals surface area contributed by atoms with Crippen molar-refractivity contribution in [2.45, 2.75) is 45.6 Å². The Morgan fingerprint density at radius 1 is 1.08 bits per heavy atom. The lowest BCUT2D eigenvalue weighted by Gasteiger charge is -2.21. The van der Waals surface area contributed by atoms with E-state index < -0.39 is 0 Å². The van der Waals surface area contributed by atoms with E-state index in [1.54, 1.807) is 7.05 Å². The smallest absolute Gasteiger partial charge is 0.239 e. The van der Waals surface area contributed by atoms with E-state index in [1.165, 1.54) is 5.56 Å². The average Bonchev–Trinajstić information content (AvgIpc) is 2.59. The first kappa shape index (κ1) is 22.0. The second kappa shape index (κ2) is 12.3. The van der Waals surface area contributed by atoms with E-state index in [9.17, 15) is 4.79 Å². The van der Waals surface area contributed by atoms with Gasteiger partial charge in [0.1, 0.15) is 0 Å². The fourth-order valence-corrected chi connectivity index (χ4v) is 2.32. The minimum absolute atomic E-state index is 0.0488. The van der Waals surface area contributed by atoms with Crippen molar-refractivity contribution >= 4 is 11.9 Å². The first-order valence-electron chi connectivity index (χ1n) is 9.28. The van der Waals surface area contributed by atoms with Gasteiger partial charge in [0.05, 0.1) is 13.2 Å². The fourth-order valence-electron chi connectivity index (χ4n) is 2.32. The Morgan fingerprint density at radius 2 is 1.81 bits per heavy atom. The van der Waals surface area contributed by atoms with Gasteiger partial charge in [-0.1, -0.05) is 30.3 Å². The standard InChI is InChI=1S/C20H34N4O2/c1-20(2,3)24-18(25)16-23-19(21-4)22-13-8-9-14-26-15-12-17-10-6-5-7-11-17/h5-7,10-11H,8-9,12-16H2,1-4H3,(H,24,25)(H2,21,22,23). The number of amides is 1. The molecule has 0 saturated carbocycles. The zero-order valence-corrected chi connectivity index (χ0v) is 16.6. The maximum absolute atomic E-state index is 11.8. The molecule has 0 aliphatic heterocycles. The molecule has 0 saturated heterocycles. The number of hydrogen-bond acceptors (Lipinski definition) is 3. The van der Waals surface area contributed by atoms with E-state index in [4.69, 9.17) is 4.74 Å². The lowest BCUT2D eigenvalue weighted by Crippen LogP contribution is -2.48. The monoisotopic (exact) mass is 362 g/mol. The van der Waals surface area contributed by atoms with E-state index in [2.05, 4.69) is 45.2 Å². The maximum Gasteiger partial charge on any atom is 0.239 e. The molecule has 0 aromatic heterocycles. The number of rotatable bonds is 10. The van der Waals surface area contributed by atoms with Crippen LogP contribution in [0.4, 0.5) is 0 Å². The molecule has 0 bridgehead atoms. The molecule has 0 radical (unpaired) electrons. The summed E-state index contributed by atoms with van der Waals surface area (Å²) in [5.74, 6) is 0.589. The minimum Gasteiger partial charge on any atom is -0.381 e. The predicted octanol–water partition coefficient (Wildman–Crippen LogP) is 2.11. The van der Waals surface area contributed by atoms with E-state index in [0.29, 0.717) is 5.96 Å². The summed E-state index contributed by atoms with van der Waals surface area (Å²) < 4.78 is 5.67. The number of benzene rings is 1. The van der Waals surface area contributed by atoms with Crippen LogP contribution in [0.3, 0.4) is 0 Å². The maximum atomic E-state index is 11.8. The molecule has 0 spiro atoms. The Morgan fingerprint density at radius 3 is 2.46 bits per heavy atom. The van der Waals surface area contributed by atoms with Gasteiger partial charge in [-0.05, 0) is 45.6 Å². The van der Waals surface area contributed by atoms with Gasteiger partial charge >= 0.3 is 0 Å². The highest BCUT2D eigenvalue weighted by Gasteiger charge is 2.13. The third-order valence-electron chi connectivity index (χ3n) is 3.54. The van der Waals surface area contributed by atoms with Crippen LogP contribution in [0.25, 0.3) is 0 Å². The molecule has 6 nitrogen and oxygen atoms in total. The lowest BCUT2D eigenvalue weighted by molar-refractivity contribution is -0.121. The van der Waals surface area contributed by atoms with Crippen LogP contribution < -0.4 is 16.0 Å². The van der Waals surface area contributed by atoms with Gasteiger partial charge in [-0.3, -0.25) is 9.79 Å².